The first-order valence-corrected chi connectivity index (χ1v) is 6.95. The average Bonchev–Trinajstić information content (AvgIpc) is 2.70. The van der Waals surface area contributed by atoms with Crippen LogP contribution >= 0.6 is 34.5 Å². The molecule has 4 heteroatoms. The largest absolute Gasteiger partial charge is 0.323 e. The van der Waals surface area contributed by atoms with Crippen molar-refractivity contribution < 1.29 is 0 Å². The smallest absolute Gasteiger partial charge is 0.0453 e. The molecule has 0 spiro atoms. The number of benzene rings is 1. The van der Waals surface area contributed by atoms with E-state index in [1.807, 2.05) is 18.2 Å². The third kappa shape index (κ3) is 2.83. The van der Waals surface area contributed by atoms with E-state index in [0.29, 0.717) is 16.5 Å². The van der Waals surface area contributed by atoms with Crippen molar-refractivity contribution in [3.05, 3.63) is 55.7 Å². The number of hydrogen-bond donors (Lipinski definition) is 1. The fourth-order valence-electron chi connectivity index (χ4n) is 1.80. The normalized spacial score (nSPS) is 12.7. The van der Waals surface area contributed by atoms with E-state index in [1.54, 1.807) is 11.3 Å². The number of thiophene rings is 1. The molecule has 0 saturated carbocycles. The third-order valence-corrected chi connectivity index (χ3v) is 4.58. The van der Waals surface area contributed by atoms with Crippen molar-refractivity contribution in [3.8, 4) is 0 Å². The number of aryl methyl sites for hydroxylation is 1. The lowest BCUT2D eigenvalue weighted by Crippen LogP contribution is -2.13. The van der Waals surface area contributed by atoms with Gasteiger partial charge in [-0.25, -0.2) is 0 Å². The number of rotatable bonds is 3. The Kier molecular flexibility index (Phi) is 4.10. The lowest BCUT2D eigenvalue weighted by atomic mass is 10.0. The first kappa shape index (κ1) is 12.9. The van der Waals surface area contributed by atoms with Gasteiger partial charge in [-0.05, 0) is 48.1 Å². The van der Waals surface area contributed by atoms with Gasteiger partial charge in [-0.2, -0.15) is 0 Å². The van der Waals surface area contributed by atoms with Gasteiger partial charge in [0.15, 0.2) is 0 Å². The molecule has 17 heavy (non-hydrogen) atoms. The molecule has 2 rings (SSSR count). The Morgan fingerprint density at radius 1 is 1.24 bits per heavy atom. The number of hydrogen-bond acceptors (Lipinski definition) is 2. The molecule has 2 N–H and O–H groups in total. The molecule has 0 saturated heterocycles. The molecule has 1 aromatic heterocycles. The van der Waals surface area contributed by atoms with Gasteiger partial charge in [-0.15, -0.1) is 11.3 Å². The van der Waals surface area contributed by atoms with Crippen molar-refractivity contribution in [1.82, 2.24) is 0 Å². The lowest BCUT2D eigenvalue weighted by Gasteiger charge is -2.13. The summed E-state index contributed by atoms with van der Waals surface area (Å²) in [5.41, 5.74) is 8.36. The van der Waals surface area contributed by atoms with E-state index in [0.717, 1.165) is 5.56 Å². The molecule has 90 valence electrons. The summed E-state index contributed by atoms with van der Waals surface area (Å²) in [6.07, 6.45) is 0.667. The maximum absolute atomic E-state index is 6.20. The minimum absolute atomic E-state index is 0.0487. The minimum atomic E-state index is -0.0487. The summed E-state index contributed by atoms with van der Waals surface area (Å²) in [5, 5.41) is 3.42. The monoisotopic (exact) mass is 285 g/mol. The lowest BCUT2D eigenvalue weighted by molar-refractivity contribution is 0.732. The van der Waals surface area contributed by atoms with Crippen LogP contribution < -0.4 is 5.73 Å². The van der Waals surface area contributed by atoms with E-state index in [9.17, 15) is 0 Å². The van der Waals surface area contributed by atoms with Crippen molar-refractivity contribution in [2.24, 2.45) is 5.73 Å². The second-order valence-corrected chi connectivity index (χ2v) is 5.74. The Balaban J connectivity index is 2.25. The molecule has 2 aromatic rings. The highest BCUT2D eigenvalue weighted by Gasteiger charge is 2.14. The zero-order valence-corrected chi connectivity index (χ0v) is 11.7. The van der Waals surface area contributed by atoms with E-state index in [1.165, 1.54) is 10.4 Å². The molecule has 0 bridgehead atoms. The Morgan fingerprint density at radius 2 is 1.88 bits per heavy atom. The summed E-state index contributed by atoms with van der Waals surface area (Å²) < 4.78 is 0. The van der Waals surface area contributed by atoms with Crippen molar-refractivity contribution in [3.63, 3.8) is 0 Å². The van der Waals surface area contributed by atoms with Crippen LogP contribution in [0.25, 0.3) is 0 Å². The van der Waals surface area contributed by atoms with Crippen LogP contribution in [0.4, 0.5) is 0 Å². The third-order valence-electron chi connectivity index (χ3n) is 2.72. The van der Waals surface area contributed by atoms with E-state index in [4.69, 9.17) is 28.9 Å². The van der Waals surface area contributed by atoms with E-state index >= 15 is 0 Å². The van der Waals surface area contributed by atoms with Crippen LogP contribution in [0.2, 0.25) is 10.0 Å². The molecule has 1 heterocycles. The molecule has 0 aliphatic carbocycles. The van der Waals surface area contributed by atoms with E-state index in [2.05, 4.69) is 18.4 Å². The van der Waals surface area contributed by atoms with Crippen LogP contribution in [0.5, 0.6) is 0 Å². The fourth-order valence-corrected chi connectivity index (χ4v) is 3.29. The van der Waals surface area contributed by atoms with Gasteiger partial charge in [0.05, 0.1) is 0 Å². The maximum atomic E-state index is 6.20. The summed E-state index contributed by atoms with van der Waals surface area (Å²) in [6, 6.07) is 7.56. The van der Waals surface area contributed by atoms with E-state index in [-0.39, 0.29) is 6.04 Å². The Bertz CT molecular complexity index is 502. The zero-order valence-electron chi connectivity index (χ0n) is 9.41. The highest BCUT2D eigenvalue weighted by Crippen LogP contribution is 2.31. The second kappa shape index (κ2) is 5.40. The molecular formula is C13H13Cl2NS. The molecule has 1 unspecified atom stereocenters. The highest BCUT2D eigenvalue weighted by molar-refractivity contribution is 7.10. The summed E-state index contributed by atoms with van der Waals surface area (Å²) in [6.45, 7) is 2.07. The minimum Gasteiger partial charge on any atom is -0.323 e. The maximum Gasteiger partial charge on any atom is 0.0453 e. The van der Waals surface area contributed by atoms with Gasteiger partial charge in [0.2, 0.25) is 0 Å². The molecule has 0 aliphatic rings. The van der Waals surface area contributed by atoms with Gasteiger partial charge in [-0.1, -0.05) is 29.3 Å². The number of halogens is 2. The summed E-state index contributed by atoms with van der Waals surface area (Å²) in [4.78, 5) is 1.20. The van der Waals surface area contributed by atoms with Crippen LogP contribution in [0.1, 0.15) is 22.0 Å². The van der Waals surface area contributed by atoms with Crippen molar-refractivity contribution in [2.75, 3.05) is 0 Å². The second-order valence-electron chi connectivity index (χ2n) is 3.98. The predicted molar refractivity (Wildman–Crippen MR) is 76.2 cm³/mol. The first-order valence-electron chi connectivity index (χ1n) is 5.32. The van der Waals surface area contributed by atoms with Gasteiger partial charge in [0.1, 0.15) is 0 Å². The molecule has 0 amide bonds. The van der Waals surface area contributed by atoms with Gasteiger partial charge >= 0.3 is 0 Å². The quantitative estimate of drug-likeness (QED) is 0.876. The van der Waals surface area contributed by atoms with Crippen LogP contribution in [0.3, 0.4) is 0 Å². The van der Waals surface area contributed by atoms with Crippen LogP contribution in [-0.4, -0.2) is 0 Å². The van der Waals surface area contributed by atoms with Gasteiger partial charge < -0.3 is 5.73 Å². The highest BCUT2D eigenvalue weighted by atomic mass is 35.5. The predicted octanol–water partition coefficient (Wildman–Crippen LogP) is 4.61. The van der Waals surface area contributed by atoms with Gasteiger partial charge in [-0.3, -0.25) is 0 Å². The summed E-state index contributed by atoms with van der Waals surface area (Å²) in [7, 11) is 0. The van der Waals surface area contributed by atoms with Crippen molar-refractivity contribution >= 4 is 34.5 Å². The topological polar surface area (TPSA) is 26.0 Å². The summed E-state index contributed by atoms with van der Waals surface area (Å²) >= 11 is 14.0. The average molecular weight is 286 g/mol. The molecule has 0 aliphatic heterocycles. The van der Waals surface area contributed by atoms with Gasteiger partial charge in [0.25, 0.3) is 0 Å². The molecule has 1 atom stereocenters. The zero-order chi connectivity index (χ0) is 12.4. The van der Waals surface area contributed by atoms with E-state index < -0.39 is 0 Å². The molecular weight excluding hydrogens is 273 g/mol. The Hall–Kier alpha value is -0.540. The Labute approximate surface area is 115 Å². The molecule has 1 nitrogen and oxygen atoms in total. The van der Waals surface area contributed by atoms with Crippen LogP contribution in [0.15, 0.2) is 29.6 Å². The Morgan fingerprint density at radius 3 is 2.41 bits per heavy atom. The molecule has 1 aromatic carbocycles. The summed E-state index contributed by atoms with van der Waals surface area (Å²) in [5.74, 6) is 0. The molecule has 0 radical (unpaired) electrons. The molecule has 0 fully saturated rings. The SMILES string of the molecule is Cc1ccsc1C(N)Cc1c(Cl)cccc1Cl. The fraction of sp³-hybridized carbons (Fsp3) is 0.231. The standard InChI is InChI=1S/C13H13Cl2NS/c1-8-5-6-17-13(8)12(16)7-9-10(14)3-2-4-11(9)15/h2-6,12H,7,16H2,1H3. The first-order chi connectivity index (χ1) is 8.09. The van der Waals surface area contributed by atoms with Crippen molar-refractivity contribution in [2.45, 2.75) is 19.4 Å². The van der Waals surface area contributed by atoms with Crippen LogP contribution in [-0.2, 0) is 6.42 Å². The number of nitrogens with two attached hydrogens (primary N) is 1. The van der Waals surface area contributed by atoms with Gasteiger partial charge in [0, 0.05) is 21.0 Å². The van der Waals surface area contributed by atoms with Crippen molar-refractivity contribution in [1.29, 1.82) is 0 Å². The van der Waals surface area contributed by atoms with Crippen LogP contribution in [0, 0.1) is 6.92 Å².